The zero-order valence-electron chi connectivity index (χ0n) is 13.6. The number of benzene rings is 1. The van der Waals surface area contributed by atoms with Crippen LogP contribution in [0.1, 0.15) is 19.8 Å². The fraction of sp³-hybridized carbons (Fsp3) is 0.333. The number of piperidine rings is 1. The average molecular weight is 365 g/mol. The highest BCUT2D eigenvalue weighted by molar-refractivity contribution is 5.92. The second-order valence-corrected chi connectivity index (χ2v) is 6.24. The van der Waals surface area contributed by atoms with Gasteiger partial charge < -0.3 is 9.88 Å². The lowest BCUT2D eigenvalue weighted by Gasteiger charge is -2.36. The molecule has 0 unspecified atom stereocenters. The molecule has 0 spiro atoms. The standard InChI is InChI=1S/C18H20N4.2ClH/c1-18(7-10-19-11-8-18)22-13-12-21-17(22)15-4-2-6-16-14(15)5-3-9-20-16;;/h2-6,9,12-13,19H,7-8,10-11H2,1H3;2*1H. The quantitative estimate of drug-likeness (QED) is 0.745. The Morgan fingerprint density at radius 2 is 1.79 bits per heavy atom. The van der Waals surface area contributed by atoms with Crippen molar-refractivity contribution in [2.45, 2.75) is 25.3 Å². The van der Waals surface area contributed by atoms with Crippen LogP contribution in [0.5, 0.6) is 0 Å². The Hall–Kier alpha value is -1.62. The van der Waals surface area contributed by atoms with Gasteiger partial charge in [-0.2, -0.15) is 0 Å². The number of nitrogens with one attached hydrogen (secondary N) is 1. The van der Waals surface area contributed by atoms with Gasteiger partial charge in [-0.3, -0.25) is 4.98 Å². The molecule has 0 aliphatic carbocycles. The normalized spacial score (nSPS) is 16.2. The minimum absolute atomic E-state index is 0. The van der Waals surface area contributed by atoms with E-state index in [0.29, 0.717) is 0 Å². The molecule has 2 aromatic heterocycles. The van der Waals surface area contributed by atoms with Gasteiger partial charge in [0.1, 0.15) is 5.82 Å². The molecule has 24 heavy (non-hydrogen) atoms. The van der Waals surface area contributed by atoms with E-state index in [1.54, 1.807) is 0 Å². The van der Waals surface area contributed by atoms with Crippen LogP contribution in [0.3, 0.4) is 0 Å². The fourth-order valence-corrected chi connectivity index (χ4v) is 3.44. The summed E-state index contributed by atoms with van der Waals surface area (Å²) in [6, 6.07) is 10.4. The molecule has 1 aliphatic heterocycles. The Labute approximate surface area is 154 Å². The molecule has 1 fully saturated rings. The van der Waals surface area contributed by atoms with Gasteiger partial charge in [0.15, 0.2) is 0 Å². The minimum atomic E-state index is 0. The lowest BCUT2D eigenvalue weighted by atomic mass is 9.89. The van der Waals surface area contributed by atoms with Gasteiger partial charge in [-0.1, -0.05) is 18.2 Å². The van der Waals surface area contributed by atoms with Gasteiger partial charge in [0.25, 0.3) is 0 Å². The first-order chi connectivity index (χ1) is 10.8. The fourth-order valence-electron chi connectivity index (χ4n) is 3.44. The Balaban J connectivity index is 0.00000104. The van der Waals surface area contributed by atoms with Crippen molar-refractivity contribution in [3.05, 3.63) is 48.9 Å². The maximum atomic E-state index is 4.67. The van der Waals surface area contributed by atoms with Gasteiger partial charge in [-0.25, -0.2) is 4.98 Å². The van der Waals surface area contributed by atoms with Gasteiger partial charge in [0, 0.05) is 35.1 Å². The molecule has 1 N–H and O–H groups in total. The minimum Gasteiger partial charge on any atom is -0.325 e. The zero-order chi connectivity index (χ0) is 15.0. The summed E-state index contributed by atoms with van der Waals surface area (Å²) in [7, 11) is 0. The van der Waals surface area contributed by atoms with E-state index in [-0.39, 0.29) is 30.4 Å². The molecular weight excluding hydrogens is 343 g/mol. The predicted molar refractivity (Wildman–Crippen MR) is 103 cm³/mol. The van der Waals surface area contributed by atoms with Crippen LogP contribution in [-0.4, -0.2) is 27.6 Å². The molecule has 3 aromatic rings. The van der Waals surface area contributed by atoms with Crippen molar-refractivity contribution >= 4 is 35.7 Å². The monoisotopic (exact) mass is 364 g/mol. The maximum absolute atomic E-state index is 4.67. The van der Waals surface area contributed by atoms with Crippen molar-refractivity contribution in [3.8, 4) is 11.4 Å². The number of pyridine rings is 1. The zero-order valence-corrected chi connectivity index (χ0v) is 15.2. The van der Waals surface area contributed by atoms with E-state index in [9.17, 15) is 0 Å². The van der Waals surface area contributed by atoms with Gasteiger partial charge in [0.05, 0.1) is 5.52 Å². The van der Waals surface area contributed by atoms with Crippen LogP contribution in [0.2, 0.25) is 0 Å². The molecule has 3 heterocycles. The Kier molecular flexibility index (Phi) is 5.86. The molecule has 6 heteroatoms. The predicted octanol–water partition coefficient (Wildman–Crippen LogP) is 4.04. The van der Waals surface area contributed by atoms with Crippen LogP contribution in [0.25, 0.3) is 22.3 Å². The first kappa shape index (κ1) is 18.7. The van der Waals surface area contributed by atoms with E-state index in [0.717, 1.165) is 48.2 Å². The van der Waals surface area contributed by atoms with E-state index in [1.165, 1.54) is 0 Å². The molecule has 0 amide bonds. The summed E-state index contributed by atoms with van der Waals surface area (Å²) in [5.41, 5.74) is 2.31. The number of nitrogens with zero attached hydrogens (tertiary/aromatic N) is 3. The van der Waals surface area contributed by atoms with Crippen LogP contribution in [0.15, 0.2) is 48.9 Å². The second-order valence-electron chi connectivity index (χ2n) is 6.24. The van der Waals surface area contributed by atoms with E-state index < -0.39 is 0 Å². The summed E-state index contributed by atoms with van der Waals surface area (Å²) in [6.07, 6.45) is 8.12. The van der Waals surface area contributed by atoms with Crippen LogP contribution < -0.4 is 5.32 Å². The largest absolute Gasteiger partial charge is 0.325 e. The van der Waals surface area contributed by atoms with E-state index in [2.05, 4.69) is 57.2 Å². The molecule has 128 valence electrons. The molecule has 0 bridgehead atoms. The number of fused-ring (bicyclic) bond motifs is 1. The van der Waals surface area contributed by atoms with Gasteiger partial charge in [-0.15, -0.1) is 24.8 Å². The highest BCUT2D eigenvalue weighted by atomic mass is 35.5. The van der Waals surface area contributed by atoms with Crippen molar-refractivity contribution in [1.29, 1.82) is 0 Å². The summed E-state index contributed by atoms with van der Waals surface area (Å²) in [5.74, 6) is 1.04. The van der Waals surface area contributed by atoms with Crippen LogP contribution in [-0.2, 0) is 5.54 Å². The third-order valence-corrected chi connectivity index (χ3v) is 4.79. The number of halogens is 2. The van der Waals surface area contributed by atoms with Crippen molar-refractivity contribution in [2.24, 2.45) is 0 Å². The lowest BCUT2D eigenvalue weighted by molar-refractivity contribution is 0.234. The van der Waals surface area contributed by atoms with Crippen LogP contribution in [0, 0.1) is 0 Å². The smallest absolute Gasteiger partial charge is 0.141 e. The van der Waals surface area contributed by atoms with Gasteiger partial charge in [0.2, 0.25) is 0 Å². The molecule has 0 atom stereocenters. The van der Waals surface area contributed by atoms with Crippen molar-refractivity contribution in [1.82, 2.24) is 19.9 Å². The van der Waals surface area contributed by atoms with Gasteiger partial charge in [-0.05, 0) is 45.0 Å². The molecule has 4 rings (SSSR count). The second kappa shape index (κ2) is 7.51. The SMILES string of the molecule is CC1(n2ccnc2-c2cccc3ncccc23)CCNCC1.Cl.Cl. The van der Waals surface area contributed by atoms with Crippen molar-refractivity contribution in [3.63, 3.8) is 0 Å². The number of aromatic nitrogens is 3. The number of rotatable bonds is 2. The highest BCUT2D eigenvalue weighted by Gasteiger charge is 2.30. The first-order valence-electron chi connectivity index (χ1n) is 7.87. The molecule has 0 radical (unpaired) electrons. The topological polar surface area (TPSA) is 42.7 Å². The van der Waals surface area contributed by atoms with E-state index in [4.69, 9.17) is 0 Å². The molecule has 1 aromatic carbocycles. The summed E-state index contributed by atoms with van der Waals surface area (Å²) in [5, 5.41) is 4.61. The summed E-state index contributed by atoms with van der Waals surface area (Å²) in [4.78, 5) is 9.14. The Bertz CT molecular complexity index is 804. The van der Waals surface area contributed by atoms with Crippen LogP contribution in [0.4, 0.5) is 0 Å². The first-order valence-corrected chi connectivity index (χ1v) is 7.87. The molecular formula is C18H22Cl2N4. The van der Waals surface area contributed by atoms with Crippen molar-refractivity contribution in [2.75, 3.05) is 13.1 Å². The van der Waals surface area contributed by atoms with Crippen LogP contribution >= 0.6 is 24.8 Å². The maximum Gasteiger partial charge on any atom is 0.141 e. The van der Waals surface area contributed by atoms with E-state index >= 15 is 0 Å². The summed E-state index contributed by atoms with van der Waals surface area (Å²) in [6.45, 7) is 4.46. The van der Waals surface area contributed by atoms with Crippen molar-refractivity contribution < 1.29 is 0 Å². The lowest BCUT2D eigenvalue weighted by Crippen LogP contribution is -2.42. The molecule has 1 saturated heterocycles. The number of hydrogen-bond acceptors (Lipinski definition) is 3. The Morgan fingerprint density at radius 3 is 2.58 bits per heavy atom. The Morgan fingerprint density at radius 1 is 1.00 bits per heavy atom. The molecule has 1 aliphatic rings. The van der Waals surface area contributed by atoms with Gasteiger partial charge >= 0.3 is 0 Å². The van der Waals surface area contributed by atoms with E-state index in [1.807, 2.05) is 18.5 Å². The summed E-state index contributed by atoms with van der Waals surface area (Å²) >= 11 is 0. The number of hydrogen-bond donors (Lipinski definition) is 1. The molecule has 4 nitrogen and oxygen atoms in total. The summed E-state index contributed by atoms with van der Waals surface area (Å²) < 4.78 is 2.36. The third-order valence-electron chi connectivity index (χ3n) is 4.79. The third kappa shape index (κ3) is 3.14. The highest BCUT2D eigenvalue weighted by Crippen LogP contribution is 2.34. The average Bonchev–Trinajstić information content (AvgIpc) is 3.05. The number of imidazole rings is 1. The molecule has 0 saturated carbocycles.